The Kier molecular flexibility index (Phi) is 3.04. The van der Waals surface area contributed by atoms with E-state index in [2.05, 4.69) is 20.4 Å². The number of hydrogen-bond donors (Lipinski definition) is 1. The lowest BCUT2D eigenvalue weighted by Gasteiger charge is -2.03. The Labute approximate surface area is 131 Å². The molecule has 1 amide bonds. The van der Waals surface area contributed by atoms with Gasteiger partial charge in [0, 0.05) is 17.7 Å². The van der Waals surface area contributed by atoms with Crippen LogP contribution in [0.25, 0.3) is 16.9 Å². The maximum atomic E-state index is 11.8. The molecular formula is C15H12ClN5O. The number of rotatable bonds is 3. The maximum absolute atomic E-state index is 11.8. The molecule has 110 valence electrons. The van der Waals surface area contributed by atoms with Crippen LogP contribution in [0.1, 0.15) is 12.8 Å². The Hall–Kier alpha value is -2.47. The molecule has 1 aliphatic rings. The van der Waals surface area contributed by atoms with E-state index in [1.807, 2.05) is 24.3 Å². The molecule has 1 saturated carbocycles. The number of halogens is 1. The largest absolute Gasteiger partial charge is 0.293 e. The number of anilines is 1. The van der Waals surface area contributed by atoms with Crippen molar-refractivity contribution in [1.82, 2.24) is 19.6 Å². The molecule has 3 aromatic heterocycles. The van der Waals surface area contributed by atoms with Crippen molar-refractivity contribution in [3.8, 4) is 11.3 Å². The summed E-state index contributed by atoms with van der Waals surface area (Å²) in [5.41, 5.74) is 2.37. The minimum absolute atomic E-state index is 0.00869. The third-order valence-corrected chi connectivity index (χ3v) is 3.79. The summed E-state index contributed by atoms with van der Waals surface area (Å²) in [4.78, 5) is 20.2. The first-order valence-electron chi connectivity index (χ1n) is 6.99. The van der Waals surface area contributed by atoms with Crippen LogP contribution in [-0.2, 0) is 4.79 Å². The van der Waals surface area contributed by atoms with Gasteiger partial charge in [-0.2, -0.15) is 4.98 Å². The molecule has 3 heterocycles. The van der Waals surface area contributed by atoms with Gasteiger partial charge in [0.2, 0.25) is 11.9 Å². The molecule has 0 spiro atoms. The van der Waals surface area contributed by atoms with Gasteiger partial charge in [-0.3, -0.25) is 10.1 Å². The average molecular weight is 314 g/mol. The number of carbonyl (C=O) groups excluding carboxylic acids is 1. The van der Waals surface area contributed by atoms with Gasteiger partial charge in [0.25, 0.3) is 0 Å². The molecule has 22 heavy (non-hydrogen) atoms. The fourth-order valence-electron chi connectivity index (χ4n) is 2.26. The second-order valence-corrected chi connectivity index (χ2v) is 5.64. The highest BCUT2D eigenvalue weighted by molar-refractivity contribution is 6.29. The quantitative estimate of drug-likeness (QED) is 0.755. The third-order valence-electron chi connectivity index (χ3n) is 3.57. The summed E-state index contributed by atoms with van der Waals surface area (Å²) in [5.74, 6) is 0.434. The SMILES string of the molecule is O=C(Nc1nc2cccc(-c3ccc(Cl)nc3)n2n1)C1CC1. The van der Waals surface area contributed by atoms with E-state index in [0.717, 1.165) is 24.1 Å². The van der Waals surface area contributed by atoms with Gasteiger partial charge in [0.05, 0.1) is 5.69 Å². The Morgan fingerprint density at radius 2 is 2.14 bits per heavy atom. The Bertz CT molecular complexity index is 854. The molecule has 1 N–H and O–H groups in total. The molecule has 4 rings (SSSR count). The molecule has 0 atom stereocenters. The van der Waals surface area contributed by atoms with Crippen molar-refractivity contribution < 1.29 is 4.79 Å². The van der Waals surface area contributed by atoms with E-state index in [9.17, 15) is 4.79 Å². The van der Waals surface area contributed by atoms with E-state index in [4.69, 9.17) is 11.6 Å². The first kappa shape index (κ1) is 13.2. The molecule has 0 aromatic carbocycles. The predicted octanol–water partition coefficient (Wildman–Crippen LogP) is 2.79. The average Bonchev–Trinajstić information content (AvgIpc) is 3.28. The molecule has 7 heteroatoms. The summed E-state index contributed by atoms with van der Waals surface area (Å²) in [6.07, 6.45) is 3.57. The number of amides is 1. The van der Waals surface area contributed by atoms with Gasteiger partial charge < -0.3 is 0 Å². The summed E-state index contributed by atoms with van der Waals surface area (Å²) < 4.78 is 1.69. The van der Waals surface area contributed by atoms with Crippen molar-refractivity contribution in [3.05, 3.63) is 41.7 Å². The minimum Gasteiger partial charge on any atom is -0.293 e. The van der Waals surface area contributed by atoms with Gasteiger partial charge >= 0.3 is 0 Å². The molecule has 6 nitrogen and oxygen atoms in total. The van der Waals surface area contributed by atoms with Crippen LogP contribution in [0.2, 0.25) is 5.15 Å². The smallest absolute Gasteiger partial charge is 0.249 e. The molecule has 0 bridgehead atoms. The minimum atomic E-state index is -0.00869. The maximum Gasteiger partial charge on any atom is 0.249 e. The molecule has 0 saturated heterocycles. The first-order chi connectivity index (χ1) is 10.7. The van der Waals surface area contributed by atoms with Crippen LogP contribution in [-0.4, -0.2) is 25.5 Å². The van der Waals surface area contributed by atoms with Crippen LogP contribution < -0.4 is 5.32 Å². The van der Waals surface area contributed by atoms with E-state index in [-0.39, 0.29) is 11.8 Å². The number of hydrogen-bond acceptors (Lipinski definition) is 4. The Morgan fingerprint density at radius 3 is 2.86 bits per heavy atom. The van der Waals surface area contributed by atoms with E-state index >= 15 is 0 Å². The van der Waals surface area contributed by atoms with Crippen molar-refractivity contribution in [2.45, 2.75) is 12.8 Å². The molecule has 1 aliphatic carbocycles. The lowest BCUT2D eigenvalue weighted by atomic mass is 10.2. The van der Waals surface area contributed by atoms with Crippen LogP contribution in [0.5, 0.6) is 0 Å². The summed E-state index contributed by atoms with van der Waals surface area (Å²) in [6.45, 7) is 0. The highest BCUT2D eigenvalue weighted by Gasteiger charge is 2.30. The van der Waals surface area contributed by atoms with Crippen molar-refractivity contribution in [2.24, 2.45) is 5.92 Å². The van der Waals surface area contributed by atoms with E-state index in [1.54, 1.807) is 16.8 Å². The summed E-state index contributed by atoms with van der Waals surface area (Å²) in [7, 11) is 0. The fraction of sp³-hybridized carbons (Fsp3) is 0.200. The summed E-state index contributed by atoms with van der Waals surface area (Å²) in [6, 6.07) is 9.24. The van der Waals surface area contributed by atoms with Gasteiger partial charge in [-0.15, -0.1) is 5.10 Å². The second kappa shape index (κ2) is 5.06. The third kappa shape index (κ3) is 2.42. The Morgan fingerprint density at radius 1 is 1.27 bits per heavy atom. The number of carbonyl (C=O) groups is 1. The van der Waals surface area contributed by atoms with Gasteiger partial charge in [0.15, 0.2) is 5.65 Å². The van der Waals surface area contributed by atoms with Crippen molar-refractivity contribution in [3.63, 3.8) is 0 Å². The zero-order valence-corrected chi connectivity index (χ0v) is 12.3. The number of nitrogens with one attached hydrogen (secondary N) is 1. The van der Waals surface area contributed by atoms with Crippen molar-refractivity contribution in [1.29, 1.82) is 0 Å². The number of nitrogens with zero attached hydrogens (tertiary/aromatic N) is 4. The Balaban J connectivity index is 1.74. The first-order valence-corrected chi connectivity index (χ1v) is 7.37. The molecular weight excluding hydrogens is 302 g/mol. The van der Waals surface area contributed by atoms with Crippen LogP contribution in [0.15, 0.2) is 36.5 Å². The summed E-state index contributed by atoms with van der Waals surface area (Å²) in [5, 5.41) is 7.57. The van der Waals surface area contributed by atoms with Crippen LogP contribution in [0.4, 0.5) is 5.95 Å². The normalized spacial score (nSPS) is 14.2. The number of aromatic nitrogens is 4. The zero-order valence-electron chi connectivity index (χ0n) is 11.5. The van der Waals surface area contributed by atoms with Gasteiger partial charge in [-0.25, -0.2) is 9.50 Å². The van der Waals surface area contributed by atoms with Gasteiger partial charge in [-0.05, 0) is 37.1 Å². The van der Waals surface area contributed by atoms with Crippen LogP contribution >= 0.6 is 11.6 Å². The molecule has 0 aliphatic heterocycles. The van der Waals surface area contributed by atoms with Crippen LogP contribution in [0, 0.1) is 5.92 Å². The van der Waals surface area contributed by atoms with Gasteiger partial charge in [0.1, 0.15) is 5.15 Å². The molecule has 0 unspecified atom stereocenters. The van der Waals surface area contributed by atoms with E-state index in [1.165, 1.54) is 0 Å². The van der Waals surface area contributed by atoms with E-state index in [0.29, 0.717) is 16.7 Å². The lowest BCUT2D eigenvalue weighted by Crippen LogP contribution is -2.14. The fourth-order valence-corrected chi connectivity index (χ4v) is 2.37. The standard InChI is InChI=1S/C15H12ClN5O/c16-12-7-6-10(8-17-12)11-2-1-3-13-18-15(20-21(11)13)19-14(22)9-4-5-9/h1-3,6-9H,4-5H2,(H,19,20,22). The van der Waals surface area contributed by atoms with Crippen LogP contribution in [0.3, 0.4) is 0 Å². The number of fused-ring (bicyclic) bond motifs is 1. The topological polar surface area (TPSA) is 72.2 Å². The lowest BCUT2D eigenvalue weighted by molar-refractivity contribution is -0.117. The molecule has 3 aromatic rings. The zero-order chi connectivity index (χ0) is 15.1. The number of pyridine rings is 2. The van der Waals surface area contributed by atoms with Crippen molar-refractivity contribution >= 4 is 29.1 Å². The van der Waals surface area contributed by atoms with Gasteiger partial charge in [-0.1, -0.05) is 17.7 Å². The summed E-state index contributed by atoms with van der Waals surface area (Å²) >= 11 is 5.82. The van der Waals surface area contributed by atoms with Crippen molar-refractivity contribution in [2.75, 3.05) is 5.32 Å². The second-order valence-electron chi connectivity index (χ2n) is 5.25. The predicted molar refractivity (Wildman–Crippen MR) is 82.6 cm³/mol. The molecule has 0 radical (unpaired) electrons. The van der Waals surface area contributed by atoms with E-state index < -0.39 is 0 Å². The highest BCUT2D eigenvalue weighted by atomic mass is 35.5. The molecule has 1 fully saturated rings. The monoisotopic (exact) mass is 313 g/mol. The highest BCUT2D eigenvalue weighted by Crippen LogP contribution is 2.30.